The lowest BCUT2D eigenvalue weighted by Gasteiger charge is -2.05. The predicted molar refractivity (Wildman–Crippen MR) is 86.6 cm³/mol. The molecule has 0 amide bonds. The summed E-state index contributed by atoms with van der Waals surface area (Å²) in [4.78, 5) is 0. The lowest BCUT2D eigenvalue weighted by molar-refractivity contribution is 0.507. The molecule has 0 radical (unpaired) electrons. The Bertz CT molecular complexity index is 817. The number of benzene rings is 1. The van der Waals surface area contributed by atoms with Gasteiger partial charge in [0.25, 0.3) is 0 Å². The van der Waals surface area contributed by atoms with Gasteiger partial charge in [-0.1, -0.05) is 23.3 Å². The summed E-state index contributed by atoms with van der Waals surface area (Å²) in [7, 11) is 0. The number of nitrogens with zero attached hydrogens (tertiary/aromatic N) is 4. The number of rotatable bonds is 5. The molecule has 118 valence electrons. The van der Waals surface area contributed by atoms with Crippen molar-refractivity contribution in [2.75, 3.05) is 5.32 Å². The van der Waals surface area contributed by atoms with Crippen LogP contribution in [0.4, 0.5) is 6.01 Å². The molecule has 6 nitrogen and oxygen atoms in total. The third-order valence-electron chi connectivity index (χ3n) is 4.23. The average molecular weight is 309 g/mol. The van der Waals surface area contributed by atoms with Crippen LogP contribution >= 0.6 is 0 Å². The van der Waals surface area contributed by atoms with E-state index in [9.17, 15) is 0 Å². The van der Waals surface area contributed by atoms with Gasteiger partial charge in [-0.05, 0) is 38.8 Å². The maximum absolute atomic E-state index is 5.64. The zero-order valence-corrected chi connectivity index (χ0v) is 13.3. The van der Waals surface area contributed by atoms with E-state index in [1.807, 2.05) is 29.8 Å². The van der Waals surface area contributed by atoms with Gasteiger partial charge in [-0.2, -0.15) is 5.10 Å². The Kier molecular flexibility index (Phi) is 3.37. The van der Waals surface area contributed by atoms with Gasteiger partial charge in [0, 0.05) is 23.7 Å². The first-order chi connectivity index (χ1) is 11.2. The molecule has 3 aromatic rings. The molecule has 1 fully saturated rings. The van der Waals surface area contributed by atoms with E-state index in [4.69, 9.17) is 4.42 Å². The lowest BCUT2D eigenvalue weighted by Crippen LogP contribution is -2.03. The van der Waals surface area contributed by atoms with Crippen molar-refractivity contribution in [3.63, 3.8) is 0 Å². The van der Waals surface area contributed by atoms with Crippen molar-refractivity contribution in [3.8, 4) is 5.69 Å². The first-order valence-electron chi connectivity index (χ1n) is 7.90. The fraction of sp³-hybridized carbons (Fsp3) is 0.353. The lowest BCUT2D eigenvalue weighted by atomic mass is 10.2. The summed E-state index contributed by atoms with van der Waals surface area (Å²) in [5.74, 6) is 1.23. The molecule has 0 aliphatic heterocycles. The smallest absolute Gasteiger partial charge is 0.315 e. The van der Waals surface area contributed by atoms with E-state index >= 15 is 0 Å². The Hall–Kier alpha value is -2.63. The van der Waals surface area contributed by atoms with Crippen LogP contribution in [0, 0.1) is 13.8 Å². The summed E-state index contributed by atoms with van der Waals surface area (Å²) in [5, 5.41) is 16.0. The average Bonchev–Trinajstić information content (AvgIpc) is 3.25. The maximum atomic E-state index is 5.64. The van der Waals surface area contributed by atoms with Gasteiger partial charge in [0.15, 0.2) is 0 Å². The van der Waals surface area contributed by atoms with Crippen LogP contribution in [0.15, 0.2) is 34.7 Å². The van der Waals surface area contributed by atoms with Crippen LogP contribution in [0.5, 0.6) is 0 Å². The summed E-state index contributed by atoms with van der Waals surface area (Å²) in [6.07, 6.45) is 2.31. The fourth-order valence-electron chi connectivity index (χ4n) is 2.72. The normalized spacial score (nSPS) is 14.2. The zero-order chi connectivity index (χ0) is 15.8. The molecule has 1 saturated carbocycles. The number of hydrogen-bond acceptors (Lipinski definition) is 5. The SMILES string of the molecule is Cc1nn(-c2ccccc2)c(C)c1CNc1nnc(C2CC2)o1. The van der Waals surface area contributed by atoms with Crippen LogP contribution in [0.1, 0.15) is 41.6 Å². The molecule has 1 aliphatic carbocycles. The molecule has 0 unspecified atom stereocenters. The number of aromatic nitrogens is 4. The Morgan fingerprint density at radius 2 is 1.96 bits per heavy atom. The summed E-state index contributed by atoms with van der Waals surface area (Å²) in [5.41, 5.74) is 4.33. The molecule has 0 spiro atoms. The molecule has 0 saturated heterocycles. The van der Waals surface area contributed by atoms with Crippen LogP contribution in [-0.4, -0.2) is 20.0 Å². The van der Waals surface area contributed by atoms with Crippen molar-refractivity contribution in [1.82, 2.24) is 20.0 Å². The Labute approximate surface area is 134 Å². The molecule has 23 heavy (non-hydrogen) atoms. The van der Waals surface area contributed by atoms with Crippen LogP contribution in [0.25, 0.3) is 5.69 Å². The van der Waals surface area contributed by atoms with Crippen molar-refractivity contribution >= 4 is 6.01 Å². The first kappa shape index (κ1) is 14.0. The van der Waals surface area contributed by atoms with Gasteiger partial charge >= 0.3 is 6.01 Å². The van der Waals surface area contributed by atoms with E-state index in [0.717, 1.165) is 41.4 Å². The molecule has 2 heterocycles. The highest BCUT2D eigenvalue weighted by Gasteiger charge is 2.29. The second-order valence-electron chi connectivity index (χ2n) is 5.97. The predicted octanol–water partition coefficient (Wildman–Crippen LogP) is 3.36. The van der Waals surface area contributed by atoms with Gasteiger partial charge in [0.05, 0.1) is 11.4 Å². The van der Waals surface area contributed by atoms with Crippen LogP contribution in [0.3, 0.4) is 0 Å². The number of aryl methyl sites for hydroxylation is 1. The Morgan fingerprint density at radius 1 is 1.17 bits per heavy atom. The van der Waals surface area contributed by atoms with Gasteiger partial charge in [0.1, 0.15) is 0 Å². The minimum Gasteiger partial charge on any atom is -0.408 e. The highest BCUT2D eigenvalue weighted by Crippen LogP contribution is 2.39. The molecule has 1 aromatic carbocycles. The summed E-state index contributed by atoms with van der Waals surface area (Å²) < 4.78 is 7.61. The minimum absolute atomic E-state index is 0.474. The van der Waals surface area contributed by atoms with E-state index in [2.05, 4.69) is 39.7 Å². The topological polar surface area (TPSA) is 68.8 Å². The molecule has 2 aromatic heterocycles. The van der Waals surface area contributed by atoms with Gasteiger partial charge in [-0.3, -0.25) is 0 Å². The van der Waals surface area contributed by atoms with Crippen molar-refractivity contribution in [3.05, 3.63) is 53.2 Å². The third-order valence-corrected chi connectivity index (χ3v) is 4.23. The summed E-state index contributed by atoms with van der Waals surface area (Å²) >= 11 is 0. The number of anilines is 1. The van der Waals surface area contributed by atoms with E-state index in [0.29, 0.717) is 18.5 Å². The van der Waals surface area contributed by atoms with Crippen LogP contribution in [0.2, 0.25) is 0 Å². The van der Waals surface area contributed by atoms with E-state index in [-0.39, 0.29) is 0 Å². The highest BCUT2D eigenvalue weighted by molar-refractivity contribution is 5.38. The number of nitrogens with one attached hydrogen (secondary N) is 1. The van der Waals surface area contributed by atoms with Gasteiger partial charge in [0.2, 0.25) is 5.89 Å². The zero-order valence-electron chi connectivity index (χ0n) is 13.3. The molecule has 4 rings (SSSR count). The second-order valence-corrected chi connectivity index (χ2v) is 5.97. The van der Waals surface area contributed by atoms with Gasteiger partial charge in [-0.25, -0.2) is 4.68 Å². The minimum atomic E-state index is 0.474. The van der Waals surface area contributed by atoms with E-state index in [1.165, 1.54) is 0 Å². The van der Waals surface area contributed by atoms with Crippen molar-refractivity contribution in [2.24, 2.45) is 0 Å². The van der Waals surface area contributed by atoms with Gasteiger partial charge < -0.3 is 9.73 Å². The molecule has 0 bridgehead atoms. The Morgan fingerprint density at radius 3 is 2.70 bits per heavy atom. The van der Waals surface area contributed by atoms with E-state index < -0.39 is 0 Å². The fourth-order valence-corrected chi connectivity index (χ4v) is 2.72. The standard InChI is InChI=1S/C17H19N5O/c1-11-15(10-18-17-20-19-16(23-17)13-8-9-13)12(2)22(21-11)14-6-4-3-5-7-14/h3-7,13H,8-10H2,1-2H3,(H,18,20). The molecule has 6 heteroatoms. The van der Waals surface area contributed by atoms with Crippen molar-refractivity contribution < 1.29 is 4.42 Å². The van der Waals surface area contributed by atoms with Gasteiger partial charge in [-0.15, -0.1) is 5.10 Å². The van der Waals surface area contributed by atoms with Crippen LogP contribution < -0.4 is 5.32 Å². The largest absolute Gasteiger partial charge is 0.408 e. The quantitative estimate of drug-likeness (QED) is 0.782. The number of hydrogen-bond donors (Lipinski definition) is 1. The Balaban J connectivity index is 1.53. The van der Waals surface area contributed by atoms with Crippen LogP contribution in [-0.2, 0) is 6.54 Å². The molecular weight excluding hydrogens is 290 g/mol. The van der Waals surface area contributed by atoms with Crippen molar-refractivity contribution in [2.45, 2.75) is 39.2 Å². The summed E-state index contributed by atoms with van der Waals surface area (Å²) in [6, 6.07) is 10.6. The third kappa shape index (κ3) is 2.72. The summed E-state index contributed by atoms with van der Waals surface area (Å²) in [6.45, 7) is 4.72. The number of para-hydroxylation sites is 1. The van der Waals surface area contributed by atoms with E-state index in [1.54, 1.807) is 0 Å². The maximum Gasteiger partial charge on any atom is 0.315 e. The molecular formula is C17H19N5O. The monoisotopic (exact) mass is 309 g/mol. The van der Waals surface area contributed by atoms with Crippen molar-refractivity contribution in [1.29, 1.82) is 0 Å². The molecule has 1 aliphatic rings. The highest BCUT2D eigenvalue weighted by atomic mass is 16.4. The second kappa shape index (κ2) is 5.53. The first-order valence-corrected chi connectivity index (χ1v) is 7.90. The molecule has 0 atom stereocenters. The molecule has 1 N–H and O–H groups in total.